The van der Waals surface area contributed by atoms with E-state index in [1.54, 1.807) is 0 Å². The average Bonchev–Trinajstić information content (AvgIpc) is 3.19. The molecule has 2 aliphatic heterocycles. The van der Waals surface area contributed by atoms with Gasteiger partial charge >= 0.3 is 0 Å². The SMILES string of the molecule is C1=CCC(c2cc(-c3cc(-c4ccccn4)c(-c4ccccn4)c(-c4ccccn4)c3)cc(C3=CCCC=N3)c2-c2ccccn2)N=C1. The molecule has 230 valence electrons. The minimum absolute atomic E-state index is 0.0582. The van der Waals surface area contributed by atoms with Crippen molar-refractivity contribution < 1.29 is 0 Å². The Hall–Kier alpha value is -6.14. The molecule has 0 spiro atoms. The van der Waals surface area contributed by atoms with Crippen LogP contribution in [0, 0.1) is 0 Å². The Morgan fingerprint density at radius 2 is 1.10 bits per heavy atom. The van der Waals surface area contributed by atoms with Gasteiger partial charge in [0, 0.05) is 65.0 Å². The minimum atomic E-state index is -0.0582. The van der Waals surface area contributed by atoms with Crippen LogP contribution < -0.4 is 0 Å². The van der Waals surface area contributed by atoms with Crippen molar-refractivity contribution >= 4 is 18.1 Å². The van der Waals surface area contributed by atoms with Gasteiger partial charge < -0.3 is 0 Å². The molecule has 0 aliphatic carbocycles. The molecule has 1 unspecified atom stereocenters. The first-order chi connectivity index (χ1) is 23.8. The zero-order valence-corrected chi connectivity index (χ0v) is 26.3. The molecule has 0 saturated heterocycles. The van der Waals surface area contributed by atoms with Crippen LogP contribution in [0.15, 0.2) is 150 Å². The van der Waals surface area contributed by atoms with Crippen LogP contribution in [-0.4, -0.2) is 32.4 Å². The molecule has 0 fully saturated rings. The van der Waals surface area contributed by atoms with Crippen molar-refractivity contribution in [3.63, 3.8) is 0 Å². The first kappa shape index (κ1) is 29.3. The van der Waals surface area contributed by atoms with Crippen molar-refractivity contribution in [3.05, 3.63) is 151 Å². The Morgan fingerprint density at radius 1 is 0.542 bits per heavy atom. The van der Waals surface area contributed by atoms with Gasteiger partial charge in [-0.05, 0) is 115 Å². The van der Waals surface area contributed by atoms with Crippen LogP contribution in [0.25, 0.3) is 61.9 Å². The summed E-state index contributed by atoms with van der Waals surface area (Å²) in [6.07, 6.45) is 20.4. The molecular formula is C42H32N6. The summed E-state index contributed by atoms with van der Waals surface area (Å²) in [6.45, 7) is 0. The van der Waals surface area contributed by atoms with Crippen LogP contribution in [0.3, 0.4) is 0 Å². The number of pyridine rings is 4. The molecule has 0 N–H and O–H groups in total. The van der Waals surface area contributed by atoms with Gasteiger partial charge in [0.2, 0.25) is 0 Å². The number of dihydropyridines is 1. The average molecular weight is 621 g/mol. The maximum atomic E-state index is 4.97. The zero-order chi connectivity index (χ0) is 32.1. The summed E-state index contributed by atoms with van der Waals surface area (Å²) in [7, 11) is 0. The highest BCUT2D eigenvalue weighted by Gasteiger charge is 2.25. The Bertz CT molecular complexity index is 2130. The zero-order valence-electron chi connectivity index (χ0n) is 26.3. The first-order valence-electron chi connectivity index (χ1n) is 16.3. The Labute approximate surface area is 280 Å². The smallest absolute Gasteiger partial charge is 0.0790 e. The summed E-state index contributed by atoms with van der Waals surface area (Å²) >= 11 is 0. The molecule has 4 aromatic heterocycles. The van der Waals surface area contributed by atoms with E-state index in [1.165, 1.54) is 0 Å². The normalized spacial score (nSPS) is 15.3. The van der Waals surface area contributed by atoms with E-state index in [2.05, 4.69) is 54.6 Å². The highest BCUT2D eigenvalue weighted by Crippen LogP contribution is 2.45. The van der Waals surface area contributed by atoms with Crippen LogP contribution >= 0.6 is 0 Å². The number of aromatic nitrogens is 4. The van der Waals surface area contributed by atoms with E-state index in [9.17, 15) is 0 Å². The van der Waals surface area contributed by atoms with Crippen molar-refractivity contribution in [3.8, 4) is 56.2 Å². The third kappa shape index (κ3) is 5.80. The molecule has 0 saturated carbocycles. The molecule has 0 amide bonds. The summed E-state index contributed by atoms with van der Waals surface area (Å²) in [6, 6.07) is 33.1. The Morgan fingerprint density at radius 3 is 1.62 bits per heavy atom. The first-order valence-corrected chi connectivity index (χ1v) is 16.3. The van der Waals surface area contributed by atoms with Gasteiger partial charge in [-0.25, -0.2) is 0 Å². The number of rotatable bonds is 7. The third-order valence-electron chi connectivity index (χ3n) is 8.71. The van der Waals surface area contributed by atoms with Crippen LogP contribution in [0.1, 0.15) is 36.4 Å². The second-order valence-corrected chi connectivity index (χ2v) is 11.8. The van der Waals surface area contributed by atoms with E-state index >= 15 is 0 Å². The van der Waals surface area contributed by atoms with E-state index < -0.39 is 0 Å². The van der Waals surface area contributed by atoms with Crippen molar-refractivity contribution in [2.75, 3.05) is 0 Å². The van der Waals surface area contributed by atoms with Gasteiger partial charge in [-0.3, -0.25) is 29.9 Å². The molecule has 0 bridgehead atoms. The van der Waals surface area contributed by atoms with E-state index in [-0.39, 0.29) is 6.04 Å². The van der Waals surface area contributed by atoms with Crippen LogP contribution in [0.5, 0.6) is 0 Å². The lowest BCUT2D eigenvalue weighted by molar-refractivity contribution is 0.742. The van der Waals surface area contributed by atoms with Crippen molar-refractivity contribution in [1.29, 1.82) is 0 Å². The van der Waals surface area contributed by atoms with Crippen molar-refractivity contribution in [2.45, 2.75) is 25.3 Å². The fourth-order valence-electron chi connectivity index (χ4n) is 6.52. The fourth-order valence-corrected chi connectivity index (χ4v) is 6.52. The maximum Gasteiger partial charge on any atom is 0.0790 e. The molecule has 8 rings (SSSR count). The van der Waals surface area contributed by atoms with Gasteiger partial charge in [-0.15, -0.1) is 0 Å². The largest absolute Gasteiger partial charge is 0.285 e. The van der Waals surface area contributed by atoms with Crippen molar-refractivity contribution in [2.24, 2.45) is 9.98 Å². The summed E-state index contributed by atoms with van der Waals surface area (Å²) in [5, 5.41) is 0. The van der Waals surface area contributed by atoms with Crippen molar-refractivity contribution in [1.82, 2.24) is 19.9 Å². The standard InChI is InChI=1S/C42H32N6/c1-7-19-43-35(13-1)31-25-29(26-32(36-14-2-8-20-44-36)41(31)39-17-5-11-23-47-39)30-27-33(37-15-3-9-21-45-37)42(40-18-6-12-24-48-40)34(28-30)38-16-4-10-22-46-38/h1-3,5-9,11-14,16-28,37H,4,10,15H2. The minimum Gasteiger partial charge on any atom is -0.285 e. The maximum absolute atomic E-state index is 4.97. The lowest BCUT2D eigenvalue weighted by Gasteiger charge is -2.23. The predicted octanol–water partition coefficient (Wildman–Crippen LogP) is 9.88. The lowest BCUT2D eigenvalue weighted by atomic mass is 9.84. The highest BCUT2D eigenvalue weighted by molar-refractivity contribution is 5.96. The molecule has 1 atom stereocenters. The Kier molecular flexibility index (Phi) is 8.11. The van der Waals surface area contributed by atoms with Gasteiger partial charge in [0.1, 0.15) is 0 Å². The van der Waals surface area contributed by atoms with E-state index in [0.29, 0.717) is 0 Å². The summed E-state index contributed by atoms with van der Waals surface area (Å²) in [4.78, 5) is 29.2. The summed E-state index contributed by atoms with van der Waals surface area (Å²) < 4.78 is 0. The molecule has 2 aliphatic rings. The molecule has 0 radical (unpaired) electrons. The number of benzene rings is 2. The van der Waals surface area contributed by atoms with E-state index in [1.807, 2.05) is 97.9 Å². The van der Waals surface area contributed by atoms with Crippen LogP contribution in [0.2, 0.25) is 0 Å². The van der Waals surface area contributed by atoms with E-state index in [0.717, 1.165) is 92.2 Å². The van der Waals surface area contributed by atoms with Gasteiger partial charge in [0.05, 0.1) is 34.5 Å². The topological polar surface area (TPSA) is 76.3 Å². The predicted molar refractivity (Wildman–Crippen MR) is 195 cm³/mol. The molecule has 6 aromatic rings. The second-order valence-electron chi connectivity index (χ2n) is 11.8. The molecule has 6 nitrogen and oxygen atoms in total. The van der Waals surface area contributed by atoms with Crippen LogP contribution in [-0.2, 0) is 0 Å². The third-order valence-corrected chi connectivity index (χ3v) is 8.71. The number of aliphatic imine (C=N–C) groups is 2. The summed E-state index contributed by atoms with van der Waals surface area (Å²) in [5.74, 6) is 0. The molecule has 6 heterocycles. The Balaban J connectivity index is 1.45. The highest BCUT2D eigenvalue weighted by atomic mass is 14.8. The molecular weight excluding hydrogens is 589 g/mol. The lowest BCUT2D eigenvalue weighted by Crippen LogP contribution is -2.05. The monoisotopic (exact) mass is 620 g/mol. The molecule has 48 heavy (non-hydrogen) atoms. The fraction of sp³-hybridized carbons (Fsp3) is 0.0952. The quantitative estimate of drug-likeness (QED) is 0.178. The number of nitrogens with zero attached hydrogens (tertiary/aromatic N) is 6. The van der Waals surface area contributed by atoms with Gasteiger partial charge in [0.15, 0.2) is 0 Å². The number of allylic oxidation sites excluding steroid dienone is 2. The second kappa shape index (κ2) is 13.3. The van der Waals surface area contributed by atoms with Gasteiger partial charge in [-0.1, -0.05) is 36.4 Å². The number of hydrogen-bond donors (Lipinski definition) is 0. The molecule has 2 aromatic carbocycles. The molecule has 6 heteroatoms. The number of hydrogen-bond acceptors (Lipinski definition) is 6. The van der Waals surface area contributed by atoms with E-state index in [4.69, 9.17) is 29.9 Å². The summed E-state index contributed by atoms with van der Waals surface area (Å²) in [5.41, 5.74) is 12.8. The van der Waals surface area contributed by atoms with Gasteiger partial charge in [0.25, 0.3) is 0 Å². The van der Waals surface area contributed by atoms with Gasteiger partial charge in [-0.2, -0.15) is 0 Å². The van der Waals surface area contributed by atoms with Crippen LogP contribution in [0.4, 0.5) is 0 Å².